The molecule has 1 fully saturated rings. The molecule has 1 saturated heterocycles. The van der Waals surface area contributed by atoms with E-state index in [0.717, 1.165) is 46.1 Å². The molecular weight excluding hydrogens is 416 g/mol. The molecule has 0 saturated carbocycles. The van der Waals surface area contributed by atoms with Gasteiger partial charge in [-0.05, 0) is 84.4 Å². The molecule has 4 rings (SSSR count). The van der Waals surface area contributed by atoms with E-state index < -0.39 is 0 Å². The third-order valence-electron chi connectivity index (χ3n) is 5.53. The van der Waals surface area contributed by atoms with Crippen LogP contribution in [0.2, 0.25) is 0 Å². The standard InChI is InChI=1S/C22H25BrN4O/c1-14-8-10-26(11-9-14)19-6-4-18(5-7-19)25-22(28)20-16(3)24-21-15(2)12-17(23)13-27(20)21/h4-7,12-14H,8-11H2,1-3H3,(H,25,28). The first-order valence-electron chi connectivity index (χ1n) is 9.73. The molecule has 6 heteroatoms. The number of aryl methyl sites for hydroxylation is 2. The Bertz CT molecular complexity index is 1020. The van der Waals surface area contributed by atoms with Gasteiger partial charge < -0.3 is 10.2 Å². The van der Waals surface area contributed by atoms with Crippen LogP contribution in [0.1, 0.15) is 41.5 Å². The van der Waals surface area contributed by atoms with E-state index >= 15 is 0 Å². The molecule has 0 radical (unpaired) electrons. The van der Waals surface area contributed by atoms with E-state index in [1.807, 2.05) is 42.6 Å². The van der Waals surface area contributed by atoms with Gasteiger partial charge in [0.15, 0.2) is 0 Å². The lowest BCUT2D eigenvalue weighted by molar-refractivity contribution is 0.102. The van der Waals surface area contributed by atoms with E-state index in [0.29, 0.717) is 5.69 Å². The Balaban J connectivity index is 1.54. The summed E-state index contributed by atoms with van der Waals surface area (Å²) in [5.41, 5.74) is 5.12. The number of aromatic nitrogens is 2. The molecule has 1 aliphatic heterocycles. The highest BCUT2D eigenvalue weighted by atomic mass is 79.9. The topological polar surface area (TPSA) is 49.6 Å². The average Bonchev–Trinajstić information content (AvgIpc) is 2.99. The van der Waals surface area contributed by atoms with Crippen molar-refractivity contribution >= 4 is 38.9 Å². The molecule has 3 heterocycles. The van der Waals surface area contributed by atoms with Gasteiger partial charge in [0, 0.05) is 35.1 Å². The summed E-state index contributed by atoms with van der Waals surface area (Å²) in [6.07, 6.45) is 4.36. The van der Waals surface area contributed by atoms with Crippen LogP contribution in [0.3, 0.4) is 0 Å². The van der Waals surface area contributed by atoms with Crippen molar-refractivity contribution < 1.29 is 4.79 Å². The lowest BCUT2D eigenvalue weighted by Gasteiger charge is -2.32. The Kier molecular flexibility index (Phi) is 5.15. The van der Waals surface area contributed by atoms with E-state index in [2.05, 4.69) is 50.2 Å². The second kappa shape index (κ2) is 7.59. The normalized spacial score (nSPS) is 15.2. The average molecular weight is 441 g/mol. The number of carbonyl (C=O) groups excluding carboxylic acids is 1. The maximum atomic E-state index is 13.0. The number of anilines is 2. The largest absolute Gasteiger partial charge is 0.372 e. The quantitative estimate of drug-likeness (QED) is 0.608. The van der Waals surface area contributed by atoms with Crippen molar-refractivity contribution in [1.29, 1.82) is 0 Å². The molecule has 1 aromatic carbocycles. The number of hydrogen-bond acceptors (Lipinski definition) is 3. The fourth-order valence-electron chi connectivity index (χ4n) is 3.87. The van der Waals surface area contributed by atoms with Gasteiger partial charge in [-0.1, -0.05) is 6.92 Å². The second-order valence-corrected chi connectivity index (χ2v) is 8.67. The van der Waals surface area contributed by atoms with Crippen LogP contribution in [0.4, 0.5) is 11.4 Å². The van der Waals surface area contributed by atoms with Gasteiger partial charge in [-0.25, -0.2) is 4.98 Å². The molecule has 146 valence electrons. The number of piperidine rings is 1. The number of amides is 1. The van der Waals surface area contributed by atoms with Crippen molar-refractivity contribution in [3.8, 4) is 0 Å². The summed E-state index contributed by atoms with van der Waals surface area (Å²) in [5.74, 6) is 0.661. The van der Waals surface area contributed by atoms with Crippen LogP contribution in [-0.2, 0) is 0 Å². The third kappa shape index (κ3) is 3.65. The van der Waals surface area contributed by atoms with Gasteiger partial charge >= 0.3 is 0 Å². The predicted octanol–water partition coefficient (Wildman–Crippen LogP) is 5.20. The first-order chi connectivity index (χ1) is 13.4. The number of nitrogens with one attached hydrogen (secondary N) is 1. The van der Waals surface area contributed by atoms with Gasteiger partial charge in [-0.15, -0.1) is 0 Å². The van der Waals surface area contributed by atoms with E-state index in [4.69, 9.17) is 0 Å². The summed E-state index contributed by atoms with van der Waals surface area (Å²) < 4.78 is 2.78. The minimum atomic E-state index is -0.151. The van der Waals surface area contributed by atoms with Crippen molar-refractivity contribution in [1.82, 2.24) is 9.38 Å². The Morgan fingerprint density at radius 3 is 2.54 bits per heavy atom. The first-order valence-corrected chi connectivity index (χ1v) is 10.5. The van der Waals surface area contributed by atoms with Crippen molar-refractivity contribution in [2.24, 2.45) is 5.92 Å². The maximum Gasteiger partial charge on any atom is 0.274 e. The van der Waals surface area contributed by atoms with Crippen LogP contribution >= 0.6 is 15.9 Å². The minimum absolute atomic E-state index is 0.151. The highest BCUT2D eigenvalue weighted by Crippen LogP contribution is 2.25. The molecule has 2 aromatic heterocycles. The number of pyridine rings is 1. The number of benzene rings is 1. The van der Waals surface area contributed by atoms with E-state index in [1.54, 1.807) is 0 Å². The molecule has 0 aliphatic carbocycles. The highest BCUT2D eigenvalue weighted by molar-refractivity contribution is 9.10. The van der Waals surface area contributed by atoms with E-state index in [9.17, 15) is 4.79 Å². The summed E-state index contributed by atoms with van der Waals surface area (Å²) in [4.78, 5) is 19.9. The summed E-state index contributed by atoms with van der Waals surface area (Å²) in [7, 11) is 0. The van der Waals surface area contributed by atoms with E-state index in [1.165, 1.54) is 18.5 Å². The van der Waals surface area contributed by atoms with E-state index in [-0.39, 0.29) is 5.91 Å². The first kappa shape index (κ1) is 19.0. The van der Waals surface area contributed by atoms with Gasteiger partial charge in [0.25, 0.3) is 5.91 Å². The van der Waals surface area contributed by atoms with Crippen LogP contribution < -0.4 is 10.2 Å². The molecule has 3 aromatic rings. The zero-order valence-electron chi connectivity index (χ0n) is 16.5. The van der Waals surface area contributed by atoms with Crippen LogP contribution in [0.5, 0.6) is 0 Å². The van der Waals surface area contributed by atoms with Gasteiger partial charge in [-0.3, -0.25) is 9.20 Å². The summed E-state index contributed by atoms with van der Waals surface area (Å²) >= 11 is 3.51. The molecule has 1 amide bonds. The molecule has 5 nitrogen and oxygen atoms in total. The zero-order chi connectivity index (χ0) is 19.8. The third-order valence-corrected chi connectivity index (χ3v) is 5.97. The molecule has 0 unspecified atom stereocenters. The van der Waals surface area contributed by atoms with Crippen molar-refractivity contribution in [3.05, 3.63) is 58.0 Å². The Morgan fingerprint density at radius 2 is 1.86 bits per heavy atom. The predicted molar refractivity (Wildman–Crippen MR) is 117 cm³/mol. The number of imidazole rings is 1. The van der Waals surface area contributed by atoms with Crippen molar-refractivity contribution in [2.75, 3.05) is 23.3 Å². The van der Waals surface area contributed by atoms with Crippen LogP contribution in [0.25, 0.3) is 5.65 Å². The Hall–Kier alpha value is -2.34. The molecular formula is C22H25BrN4O. The Labute approximate surface area is 173 Å². The monoisotopic (exact) mass is 440 g/mol. The molecule has 1 aliphatic rings. The van der Waals surface area contributed by atoms with Crippen LogP contribution in [0.15, 0.2) is 41.0 Å². The number of hydrogen-bond donors (Lipinski definition) is 1. The summed E-state index contributed by atoms with van der Waals surface area (Å²) in [5, 5.41) is 3.02. The number of rotatable bonds is 3. The number of halogens is 1. The molecule has 28 heavy (non-hydrogen) atoms. The lowest BCUT2D eigenvalue weighted by Crippen LogP contribution is -2.32. The SMILES string of the molecule is Cc1nc2c(C)cc(Br)cn2c1C(=O)Nc1ccc(N2CCC(C)CC2)cc1. The summed E-state index contributed by atoms with van der Waals surface area (Å²) in [6.45, 7) is 8.38. The fraction of sp³-hybridized carbons (Fsp3) is 0.364. The Morgan fingerprint density at radius 1 is 1.18 bits per heavy atom. The van der Waals surface area contributed by atoms with Gasteiger partial charge in [0.2, 0.25) is 0 Å². The zero-order valence-corrected chi connectivity index (χ0v) is 18.1. The molecule has 0 bridgehead atoms. The number of nitrogens with zero attached hydrogens (tertiary/aromatic N) is 3. The second-order valence-electron chi connectivity index (χ2n) is 7.75. The molecule has 1 N–H and O–H groups in total. The maximum absolute atomic E-state index is 13.0. The van der Waals surface area contributed by atoms with Gasteiger partial charge in [0.05, 0.1) is 5.69 Å². The van der Waals surface area contributed by atoms with Gasteiger partial charge in [-0.2, -0.15) is 0 Å². The van der Waals surface area contributed by atoms with Gasteiger partial charge in [0.1, 0.15) is 11.3 Å². The van der Waals surface area contributed by atoms with Crippen molar-refractivity contribution in [2.45, 2.75) is 33.6 Å². The fourth-order valence-corrected chi connectivity index (χ4v) is 4.42. The smallest absolute Gasteiger partial charge is 0.274 e. The van der Waals surface area contributed by atoms with Crippen LogP contribution in [-0.4, -0.2) is 28.4 Å². The minimum Gasteiger partial charge on any atom is -0.372 e. The highest BCUT2D eigenvalue weighted by Gasteiger charge is 2.19. The molecule has 0 spiro atoms. The number of carbonyl (C=O) groups is 1. The van der Waals surface area contributed by atoms with Crippen LogP contribution in [0, 0.1) is 19.8 Å². The molecule has 0 atom stereocenters. The lowest BCUT2D eigenvalue weighted by atomic mass is 9.99. The number of fused-ring (bicyclic) bond motifs is 1. The van der Waals surface area contributed by atoms with Crippen molar-refractivity contribution in [3.63, 3.8) is 0 Å². The summed E-state index contributed by atoms with van der Waals surface area (Å²) in [6, 6.07) is 10.1.